The summed E-state index contributed by atoms with van der Waals surface area (Å²) in [6, 6.07) is 0. The molecule has 116 valence electrons. The number of amides is 2. The molecule has 1 fully saturated rings. The third-order valence-electron chi connectivity index (χ3n) is 3.93. The summed E-state index contributed by atoms with van der Waals surface area (Å²) in [6.45, 7) is 4.33. The first-order chi connectivity index (χ1) is 9.36. The lowest BCUT2D eigenvalue weighted by Gasteiger charge is -2.33. The lowest BCUT2D eigenvalue weighted by Crippen LogP contribution is -2.55. The second kappa shape index (κ2) is 7.91. The van der Waals surface area contributed by atoms with Crippen molar-refractivity contribution in [3.05, 3.63) is 0 Å². The molecule has 0 aromatic heterocycles. The van der Waals surface area contributed by atoms with Crippen LogP contribution in [-0.2, 0) is 9.59 Å². The van der Waals surface area contributed by atoms with Gasteiger partial charge in [-0.05, 0) is 38.4 Å². The van der Waals surface area contributed by atoms with Crippen molar-refractivity contribution >= 4 is 24.4 Å². The van der Waals surface area contributed by atoms with Gasteiger partial charge in [0.1, 0.15) is 5.54 Å². The first-order valence-corrected chi connectivity index (χ1v) is 8.17. The standard InChI is InChI=1S/C15H28N2O2S/c1-15(2,16-13(18)9-10-20)14(19)17(3)11-12-7-5-4-6-8-12/h12,20H,4-11H2,1-3H3,(H,16,18). The molecule has 0 heterocycles. The minimum Gasteiger partial charge on any atom is -0.343 e. The van der Waals surface area contributed by atoms with Gasteiger partial charge in [-0.1, -0.05) is 19.3 Å². The number of likely N-dealkylation sites (N-methyl/N-ethyl adjacent to an activating group) is 1. The van der Waals surface area contributed by atoms with Gasteiger partial charge in [-0.25, -0.2) is 0 Å². The van der Waals surface area contributed by atoms with Crippen LogP contribution in [0, 0.1) is 5.92 Å². The lowest BCUT2D eigenvalue weighted by molar-refractivity contribution is -0.139. The second-order valence-corrected chi connectivity index (χ2v) is 6.78. The molecule has 5 heteroatoms. The predicted octanol–water partition coefficient (Wildman–Crippen LogP) is 2.24. The summed E-state index contributed by atoms with van der Waals surface area (Å²) in [6.07, 6.45) is 6.63. The summed E-state index contributed by atoms with van der Waals surface area (Å²) < 4.78 is 0. The van der Waals surface area contributed by atoms with Gasteiger partial charge in [0.2, 0.25) is 11.8 Å². The average Bonchev–Trinajstić information content (AvgIpc) is 2.38. The van der Waals surface area contributed by atoms with Crippen LogP contribution in [0.25, 0.3) is 0 Å². The van der Waals surface area contributed by atoms with E-state index in [4.69, 9.17) is 0 Å². The summed E-state index contributed by atoms with van der Waals surface area (Å²) in [5.74, 6) is 0.968. The number of hydrogen-bond donors (Lipinski definition) is 2. The lowest BCUT2D eigenvalue weighted by atomic mass is 9.88. The number of hydrogen-bond acceptors (Lipinski definition) is 3. The molecule has 1 rings (SSSR count). The Hall–Kier alpha value is -0.710. The van der Waals surface area contributed by atoms with E-state index >= 15 is 0 Å². The van der Waals surface area contributed by atoms with Gasteiger partial charge in [-0.2, -0.15) is 12.6 Å². The zero-order valence-electron chi connectivity index (χ0n) is 12.9. The van der Waals surface area contributed by atoms with E-state index in [1.54, 1.807) is 18.7 Å². The average molecular weight is 300 g/mol. The molecular weight excluding hydrogens is 272 g/mol. The first-order valence-electron chi connectivity index (χ1n) is 7.54. The molecule has 0 bridgehead atoms. The Morgan fingerprint density at radius 2 is 1.85 bits per heavy atom. The van der Waals surface area contributed by atoms with Crippen LogP contribution in [-0.4, -0.2) is 41.6 Å². The zero-order chi connectivity index (χ0) is 15.2. The van der Waals surface area contributed by atoms with Crippen molar-refractivity contribution in [2.75, 3.05) is 19.3 Å². The van der Waals surface area contributed by atoms with E-state index < -0.39 is 5.54 Å². The molecule has 1 aliphatic carbocycles. The predicted molar refractivity (Wildman–Crippen MR) is 84.9 cm³/mol. The Bertz CT molecular complexity index is 339. The van der Waals surface area contributed by atoms with Crippen LogP contribution in [0.4, 0.5) is 0 Å². The highest BCUT2D eigenvalue weighted by Crippen LogP contribution is 2.24. The normalized spacial score (nSPS) is 16.8. The maximum absolute atomic E-state index is 12.5. The van der Waals surface area contributed by atoms with Crippen molar-refractivity contribution in [2.45, 2.75) is 57.9 Å². The highest BCUT2D eigenvalue weighted by atomic mass is 32.1. The maximum Gasteiger partial charge on any atom is 0.247 e. The summed E-state index contributed by atoms with van der Waals surface area (Å²) in [5, 5.41) is 2.80. The van der Waals surface area contributed by atoms with Crippen LogP contribution < -0.4 is 5.32 Å². The van der Waals surface area contributed by atoms with Gasteiger partial charge >= 0.3 is 0 Å². The van der Waals surface area contributed by atoms with Crippen molar-refractivity contribution in [1.82, 2.24) is 10.2 Å². The van der Waals surface area contributed by atoms with Crippen molar-refractivity contribution in [3.8, 4) is 0 Å². The van der Waals surface area contributed by atoms with Gasteiger partial charge in [0.05, 0.1) is 0 Å². The molecule has 0 atom stereocenters. The topological polar surface area (TPSA) is 49.4 Å². The summed E-state index contributed by atoms with van der Waals surface area (Å²) in [4.78, 5) is 25.9. The van der Waals surface area contributed by atoms with Crippen LogP contribution >= 0.6 is 12.6 Å². The second-order valence-electron chi connectivity index (χ2n) is 6.34. The SMILES string of the molecule is CN(CC1CCCCC1)C(=O)C(C)(C)NC(=O)CCS. The van der Waals surface area contributed by atoms with Crippen LogP contribution in [0.2, 0.25) is 0 Å². The minimum absolute atomic E-state index is 0.0180. The maximum atomic E-state index is 12.5. The molecule has 0 saturated heterocycles. The molecule has 4 nitrogen and oxygen atoms in total. The highest BCUT2D eigenvalue weighted by molar-refractivity contribution is 7.80. The van der Waals surface area contributed by atoms with Gasteiger partial charge in [0, 0.05) is 20.0 Å². The van der Waals surface area contributed by atoms with Gasteiger partial charge in [0.15, 0.2) is 0 Å². The van der Waals surface area contributed by atoms with Crippen molar-refractivity contribution in [2.24, 2.45) is 5.92 Å². The third kappa shape index (κ3) is 5.35. The van der Waals surface area contributed by atoms with E-state index in [1.807, 2.05) is 7.05 Å². The summed E-state index contributed by atoms with van der Waals surface area (Å²) >= 11 is 4.03. The van der Waals surface area contributed by atoms with E-state index in [0.717, 1.165) is 6.54 Å². The Kier molecular flexibility index (Phi) is 6.86. The number of nitrogens with one attached hydrogen (secondary N) is 1. The number of carbonyl (C=O) groups is 2. The van der Waals surface area contributed by atoms with Gasteiger partial charge < -0.3 is 10.2 Å². The fraction of sp³-hybridized carbons (Fsp3) is 0.867. The molecule has 0 aromatic carbocycles. The number of nitrogens with zero attached hydrogens (tertiary/aromatic N) is 1. The van der Waals surface area contributed by atoms with E-state index in [-0.39, 0.29) is 11.8 Å². The summed E-state index contributed by atoms with van der Waals surface area (Å²) in [5.41, 5.74) is -0.844. The molecule has 0 unspecified atom stereocenters. The molecule has 0 aliphatic heterocycles. The number of carbonyl (C=O) groups excluding carboxylic acids is 2. The molecule has 0 spiro atoms. The molecule has 20 heavy (non-hydrogen) atoms. The van der Waals surface area contributed by atoms with E-state index in [0.29, 0.717) is 18.1 Å². The Labute approximate surface area is 128 Å². The van der Waals surface area contributed by atoms with Crippen molar-refractivity contribution < 1.29 is 9.59 Å². The molecule has 1 aliphatic rings. The largest absolute Gasteiger partial charge is 0.343 e. The van der Waals surface area contributed by atoms with E-state index in [9.17, 15) is 9.59 Å². The quantitative estimate of drug-likeness (QED) is 0.739. The van der Waals surface area contributed by atoms with Crippen LogP contribution in [0.15, 0.2) is 0 Å². The smallest absolute Gasteiger partial charge is 0.247 e. The first kappa shape index (κ1) is 17.3. The summed E-state index contributed by atoms with van der Waals surface area (Å²) in [7, 11) is 1.84. The highest BCUT2D eigenvalue weighted by Gasteiger charge is 2.32. The molecule has 2 amide bonds. The molecular formula is C15H28N2O2S. The monoisotopic (exact) mass is 300 g/mol. The van der Waals surface area contributed by atoms with E-state index in [2.05, 4.69) is 17.9 Å². The van der Waals surface area contributed by atoms with Crippen LogP contribution in [0.5, 0.6) is 0 Å². The fourth-order valence-electron chi connectivity index (χ4n) is 2.88. The van der Waals surface area contributed by atoms with Gasteiger partial charge in [0.25, 0.3) is 0 Å². The molecule has 0 radical (unpaired) electrons. The zero-order valence-corrected chi connectivity index (χ0v) is 13.8. The Balaban J connectivity index is 2.50. The number of thiol groups is 1. The molecule has 1 N–H and O–H groups in total. The van der Waals surface area contributed by atoms with E-state index in [1.165, 1.54) is 32.1 Å². The fourth-order valence-corrected chi connectivity index (χ4v) is 3.09. The van der Waals surface area contributed by atoms with Crippen molar-refractivity contribution in [3.63, 3.8) is 0 Å². The molecule has 0 aromatic rings. The van der Waals surface area contributed by atoms with Crippen LogP contribution in [0.3, 0.4) is 0 Å². The molecule has 1 saturated carbocycles. The Morgan fingerprint density at radius 1 is 1.25 bits per heavy atom. The van der Waals surface area contributed by atoms with Crippen LogP contribution in [0.1, 0.15) is 52.4 Å². The van der Waals surface area contributed by atoms with Gasteiger partial charge in [-0.15, -0.1) is 0 Å². The van der Waals surface area contributed by atoms with Crippen molar-refractivity contribution in [1.29, 1.82) is 0 Å². The number of rotatable bonds is 6. The van der Waals surface area contributed by atoms with Gasteiger partial charge in [-0.3, -0.25) is 9.59 Å². The third-order valence-corrected chi connectivity index (χ3v) is 4.15. The minimum atomic E-state index is -0.844. The Morgan fingerprint density at radius 3 is 2.40 bits per heavy atom.